The highest BCUT2D eigenvalue weighted by molar-refractivity contribution is 9.10. The van der Waals surface area contributed by atoms with Gasteiger partial charge in [0.2, 0.25) is 23.6 Å². The average molecular weight is 1850 g/mol. The number of amides is 6. The van der Waals surface area contributed by atoms with Gasteiger partial charge in [0.25, 0.3) is 0 Å². The van der Waals surface area contributed by atoms with Gasteiger partial charge in [0.15, 0.2) is 0 Å². The van der Waals surface area contributed by atoms with Crippen LogP contribution in [-0.4, -0.2) is 131 Å². The summed E-state index contributed by atoms with van der Waals surface area (Å²) in [5.41, 5.74) is 16.6. The summed E-state index contributed by atoms with van der Waals surface area (Å²) in [4.78, 5) is 113. The van der Waals surface area contributed by atoms with Crippen LogP contribution in [0.4, 0.5) is 26.7 Å². The number of nitrogens with two attached hydrogens (primary N) is 1. The van der Waals surface area contributed by atoms with Crippen LogP contribution in [-0.2, 0) is 141 Å². The van der Waals surface area contributed by atoms with Crippen LogP contribution in [0.2, 0.25) is 0 Å². The first-order valence-corrected chi connectivity index (χ1v) is 42.1. The van der Waals surface area contributed by atoms with Crippen molar-refractivity contribution < 1.29 is 114 Å². The van der Waals surface area contributed by atoms with Crippen LogP contribution < -0.4 is 46.5 Å². The zero-order chi connectivity index (χ0) is 94.8. The third kappa shape index (κ3) is 38.5. The van der Waals surface area contributed by atoms with Gasteiger partial charge in [-0.1, -0.05) is 76.6 Å². The van der Waals surface area contributed by atoms with Gasteiger partial charge in [-0.2, -0.15) is 0 Å². The molecule has 2 aromatic heterocycles. The van der Waals surface area contributed by atoms with Crippen LogP contribution in [0.1, 0.15) is 153 Å². The molecule has 0 aliphatic heterocycles. The lowest BCUT2D eigenvalue weighted by atomic mass is 9.99. The molecule has 30 nitrogen and oxygen atoms in total. The molecule has 0 spiro atoms. The van der Waals surface area contributed by atoms with Crippen molar-refractivity contribution in [2.45, 2.75) is 173 Å². The number of phenolic OH excluding ortho intramolecular Hbond substituents is 1. The molecular formula is C96H116BrClN6O24. The summed E-state index contributed by atoms with van der Waals surface area (Å²) in [7, 11) is 6.34. The Morgan fingerprint density at radius 2 is 0.789 bits per heavy atom. The molecule has 10 aromatic rings. The predicted octanol–water partition coefficient (Wildman–Crippen LogP) is 18.2. The topological polar surface area (TPSA) is 405 Å². The fraction of sp³-hybridized carbons (Fsp3) is 0.354. The molecular weight excluding hydrogens is 1740 g/mol. The number of carbonyl (C=O) groups excluding carboxylic acids is 10. The molecule has 128 heavy (non-hydrogen) atoms. The fourth-order valence-electron chi connectivity index (χ4n) is 12.0. The van der Waals surface area contributed by atoms with Gasteiger partial charge in [-0.15, -0.1) is 11.6 Å². The number of aromatic hydroxyl groups is 1. The number of alkyl carbamates (subject to hydrolysis) is 2. The molecule has 0 bridgehead atoms. The van der Waals surface area contributed by atoms with Crippen molar-refractivity contribution in [2.24, 2.45) is 5.73 Å². The number of hydrogen-bond donors (Lipinski definition) is 7. The molecule has 8 aromatic carbocycles. The highest BCUT2D eigenvalue weighted by Crippen LogP contribution is 2.37. The van der Waals surface area contributed by atoms with Crippen LogP contribution in [0, 0.1) is 0 Å². The van der Waals surface area contributed by atoms with E-state index in [4.69, 9.17) is 72.5 Å². The number of esters is 4. The van der Waals surface area contributed by atoms with Crippen LogP contribution >= 0.6 is 27.5 Å². The lowest BCUT2D eigenvalue weighted by Crippen LogP contribution is -2.32. The summed E-state index contributed by atoms with van der Waals surface area (Å²) in [5.74, 6) is 1.28. The molecule has 0 saturated heterocycles. The Balaban J connectivity index is 0.000000300. The quantitative estimate of drug-likeness (QED) is 0.0120. The van der Waals surface area contributed by atoms with E-state index in [0.29, 0.717) is 102 Å². The van der Waals surface area contributed by atoms with Gasteiger partial charge >= 0.3 is 36.1 Å². The second kappa shape index (κ2) is 53.5. The first-order chi connectivity index (χ1) is 60.7. The molecule has 688 valence electrons. The van der Waals surface area contributed by atoms with E-state index in [1.54, 1.807) is 97.6 Å². The Labute approximate surface area is 759 Å². The number of nitrogens with one attached hydrogen (secondary N) is 5. The Bertz CT molecular complexity index is 5400. The Kier molecular flexibility index (Phi) is 44.1. The molecule has 32 heteroatoms. The number of halogens is 2. The van der Waals surface area contributed by atoms with Gasteiger partial charge in [-0.05, 0) is 181 Å². The largest absolute Gasteiger partial charge is 0.508 e. The number of benzene rings is 8. The molecule has 0 saturated carbocycles. The van der Waals surface area contributed by atoms with E-state index in [1.807, 2.05) is 145 Å². The second-order valence-electron chi connectivity index (χ2n) is 30.2. The maximum Gasteiger partial charge on any atom is 0.407 e. The second-order valence-corrected chi connectivity index (χ2v) is 31.4. The highest BCUT2D eigenvalue weighted by Gasteiger charge is 2.22. The van der Waals surface area contributed by atoms with Crippen LogP contribution in [0.3, 0.4) is 0 Å². The van der Waals surface area contributed by atoms with Crippen molar-refractivity contribution in [1.29, 1.82) is 0 Å². The minimum Gasteiger partial charge on any atom is -0.508 e. The van der Waals surface area contributed by atoms with E-state index in [2.05, 4.69) is 48.2 Å². The molecule has 8 N–H and O–H groups in total. The molecule has 0 fully saturated rings. The summed E-state index contributed by atoms with van der Waals surface area (Å²) >= 11 is 9.44. The van der Waals surface area contributed by atoms with Gasteiger partial charge in [-0.3, -0.25) is 38.4 Å². The number of rotatable bonds is 31. The number of fused-ring (bicyclic) bond motifs is 2. The van der Waals surface area contributed by atoms with Gasteiger partial charge in [0.05, 0.1) is 66.3 Å². The number of primary amides is 1. The molecule has 0 aliphatic carbocycles. The minimum absolute atomic E-state index is 0.0139. The van der Waals surface area contributed by atoms with Gasteiger partial charge in [-0.25, -0.2) is 9.59 Å². The van der Waals surface area contributed by atoms with Gasteiger partial charge in [0.1, 0.15) is 76.7 Å². The number of ether oxygens (including phenoxy) is 11. The Hall–Kier alpha value is -13.0. The van der Waals surface area contributed by atoms with E-state index in [-0.39, 0.29) is 92.7 Å². The van der Waals surface area contributed by atoms with E-state index in [1.165, 1.54) is 40.9 Å². The van der Waals surface area contributed by atoms with Crippen LogP contribution in [0.25, 0.3) is 44.2 Å². The lowest BCUT2D eigenvalue weighted by Gasteiger charge is -2.19. The zero-order valence-corrected chi connectivity index (χ0v) is 77.9. The molecule has 0 aliphatic rings. The molecule has 0 unspecified atom stereocenters. The van der Waals surface area contributed by atoms with E-state index < -0.39 is 29.4 Å². The number of alkyl halides is 1. The van der Waals surface area contributed by atoms with Crippen LogP contribution in [0.15, 0.2) is 171 Å². The van der Waals surface area contributed by atoms with Crippen molar-refractivity contribution in [2.75, 3.05) is 70.8 Å². The van der Waals surface area contributed by atoms with Crippen molar-refractivity contribution in [3.63, 3.8) is 0 Å². The number of furan rings is 2. The first kappa shape index (κ1) is 106. The Morgan fingerprint density at radius 3 is 1.16 bits per heavy atom. The summed E-state index contributed by atoms with van der Waals surface area (Å²) in [6.07, 6.45) is -0.499. The minimum atomic E-state index is -0.593. The number of carbonyl (C=O) groups is 10. The SMILES string of the molecule is CC(N)=O.CCOC(=O)Cc1ccc(Br)cc1OC.CCOC(=O)Cc1ccc(NC(C)=O)cc1O.CCOC(=O)Cc1ccc(NC(C)=O)cc1OC.CCOC(=O)Cc1ccc(NC(C)=O)cc1OCc1cc(-c2cccc(CNC(=O)OC(C)(C)C)c2)c2oc(COC)cc2c1.COCc1cc2cc(CCl)cc(-c3cccc(CNC(=O)OC(C)(C)C)c3)c2o1. The smallest absolute Gasteiger partial charge is 0.407 e. The Morgan fingerprint density at radius 1 is 0.430 bits per heavy atom. The zero-order valence-electron chi connectivity index (χ0n) is 75.6. The summed E-state index contributed by atoms with van der Waals surface area (Å²) in [6, 6.07) is 48.2. The van der Waals surface area contributed by atoms with Crippen molar-refractivity contribution in [1.82, 2.24) is 10.6 Å². The first-order valence-electron chi connectivity index (χ1n) is 40.8. The molecule has 6 amide bonds. The van der Waals surface area contributed by atoms with Crippen molar-refractivity contribution in [3.8, 4) is 45.3 Å². The average Bonchev–Trinajstić information content (AvgIpc) is 1.63. The van der Waals surface area contributed by atoms with Crippen molar-refractivity contribution >= 4 is 126 Å². The monoisotopic (exact) mass is 1850 g/mol. The molecule has 0 atom stereocenters. The standard InChI is InChI=1S/C35H40N2O8.C23H26ClNO4.C13H17NO4.C12H15NO4.C11H13BrO3.C2H5NO/c1-7-42-32(39)17-26-11-12-28(37-22(2)38)18-31(26)43-20-24-14-27-16-29(21-41-6)44-33(27)30(15-24)25-10-8-9-23(13-25)19-36-34(40)45-35(3,4)5;1-23(2,3)29-22(26)25-13-15-6-5-7-17(8-15)20-10-16(12-24)9-18-11-19(14-27-4)28-21(18)20;1-4-18-13(16)7-10-5-6-11(14-9(2)15)8-12(10)17-3;1-3-17-12(16)6-9-4-5-10(7-11(9)15)13-8(2)14;1-3-15-11(13)6-8-4-5-9(12)7-10(8)14-2;1-2(3)4/h8-16,18H,7,17,19-21H2,1-6H3,(H,36,40)(H,37,38);5-11H,12-14H2,1-4H3,(H,25,26);5-6,8H,4,7H2,1-3H3,(H,14,15);4-5,7,15H,3,6H2,1-2H3,(H,13,14);4-5,7H,3,6H2,1-2H3;1H3,(H2,3,4). The fourth-order valence-corrected chi connectivity index (χ4v) is 12.5. The summed E-state index contributed by atoms with van der Waals surface area (Å²) in [5, 5.41) is 25.1. The number of hydrogen-bond acceptors (Lipinski definition) is 24. The maximum absolute atomic E-state index is 12.3. The van der Waals surface area contributed by atoms with E-state index >= 15 is 0 Å². The predicted molar refractivity (Wildman–Crippen MR) is 492 cm³/mol. The van der Waals surface area contributed by atoms with Crippen LogP contribution in [0.5, 0.6) is 23.0 Å². The van der Waals surface area contributed by atoms with E-state index in [0.717, 1.165) is 82.2 Å². The molecule has 10 rings (SSSR count). The third-order valence-corrected chi connectivity index (χ3v) is 17.7. The summed E-state index contributed by atoms with van der Waals surface area (Å²) in [6.45, 7) is 26.4. The number of phenols is 1. The third-order valence-electron chi connectivity index (χ3n) is 16.9. The normalized spacial score (nSPS) is 10.6. The number of anilines is 3. The maximum atomic E-state index is 12.3. The van der Waals surface area contributed by atoms with Gasteiger partial charge in [0, 0.05) is 145 Å². The summed E-state index contributed by atoms with van der Waals surface area (Å²) < 4.78 is 70.6. The molecule has 2 heterocycles. The lowest BCUT2D eigenvalue weighted by molar-refractivity contribution is -0.143. The van der Waals surface area contributed by atoms with Crippen molar-refractivity contribution in [3.05, 3.63) is 218 Å². The van der Waals surface area contributed by atoms with E-state index in [9.17, 15) is 53.1 Å². The highest BCUT2D eigenvalue weighted by atomic mass is 79.9. The number of methoxy groups -OCH3 is 4. The molecule has 0 radical (unpaired) electrons. The van der Waals surface area contributed by atoms with Gasteiger partial charge < -0.3 is 98.4 Å².